The average molecular weight is 405 g/mol. The van der Waals surface area contributed by atoms with Crippen LogP contribution in [0.4, 0.5) is 5.69 Å². The monoisotopic (exact) mass is 405 g/mol. The number of aromatic nitrogens is 2. The molecule has 0 aliphatic carbocycles. The van der Waals surface area contributed by atoms with E-state index in [4.69, 9.17) is 4.74 Å². The lowest BCUT2D eigenvalue weighted by molar-refractivity contribution is 0.102. The minimum atomic E-state index is -0.321. The summed E-state index contributed by atoms with van der Waals surface area (Å²) in [7, 11) is 1.57. The number of fused-ring (bicyclic) bond motifs is 1. The number of anilines is 1. The number of nitrogens with one attached hydrogen (secondary N) is 1. The SMILES string of the molecule is COc1cccc(NC(=O)c2cc3c(=O)n(Cc4cccs4)ccc3nc2C)c1. The lowest BCUT2D eigenvalue weighted by Gasteiger charge is -2.11. The van der Waals surface area contributed by atoms with Gasteiger partial charge in [0, 0.05) is 22.8 Å². The largest absolute Gasteiger partial charge is 0.497 e. The summed E-state index contributed by atoms with van der Waals surface area (Å²) in [5.74, 6) is 0.325. The normalized spacial score (nSPS) is 10.8. The molecule has 3 aromatic heterocycles. The van der Waals surface area contributed by atoms with Crippen molar-refractivity contribution in [2.75, 3.05) is 12.4 Å². The van der Waals surface area contributed by atoms with E-state index in [0.29, 0.717) is 40.1 Å². The molecule has 7 heteroatoms. The van der Waals surface area contributed by atoms with Gasteiger partial charge in [0.15, 0.2) is 0 Å². The smallest absolute Gasteiger partial charge is 0.260 e. The van der Waals surface area contributed by atoms with Crippen LogP contribution in [-0.2, 0) is 6.54 Å². The highest BCUT2D eigenvalue weighted by Crippen LogP contribution is 2.20. The maximum absolute atomic E-state index is 13.0. The molecule has 0 saturated heterocycles. The molecule has 0 aliphatic rings. The van der Waals surface area contributed by atoms with E-state index in [1.807, 2.05) is 17.5 Å². The molecule has 0 saturated carbocycles. The van der Waals surface area contributed by atoms with Crippen LogP contribution in [0.2, 0.25) is 0 Å². The van der Waals surface area contributed by atoms with Gasteiger partial charge in [0.25, 0.3) is 11.5 Å². The number of thiophene rings is 1. The number of ether oxygens (including phenoxy) is 1. The number of nitrogens with zero attached hydrogens (tertiary/aromatic N) is 2. The predicted octanol–water partition coefficient (Wildman–Crippen LogP) is 4.08. The number of carbonyl (C=O) groups excluding carboxylic acids is 1. The molecule has 146 valence electrons. The third-order valence-corrected chi connectivity index (χ3v) is 5.49. The number of rotatable bonds is 5. The van der Waals surface area contributed by atoms with Crippen LogP contribution < -0.4 is 15.6 Å². The van der Waals surface area contributed by atoms with Crippen molar-refractivity contribution in [3.05, 3.63) is 86.6 Å². The molecule has 1 N–H and O–H groups in total. The van der Waals surface area contributed by atoms with Crippen molar-refractivity contribution in [2.24, 2.45) is 0 Å². The fourth-order valence-electron chi connectivity index (χ4n) is 3.13. The topological polar surface area (TPSA) is 73.2 Å². The number of carbonyl (C=O) groups is 1. The van der Waals surface area contributed by atoms with Crippen LogP contribution in [0.1, 0.15) is 20.9 Å². The summed E-state index contributed by atoms with van der Waals surface area (Å²) in [5, 5.41) is 5.24. The highest BCUT2D eigenvalue weighted by Gasteiger charge is 2.15. The fourth-order valence-corrected chi connectivity index (χ4v) is 3.83. The van der Waals surface area contributed by atoms with E-state index in [1.54, 1.807) is 72.5 Å². The van der Waals surface area contributed by atoms with Crippen molar-refractivity contribution in [3.8, 4) is 5.75 Å². The van der Waals surface area contributed by atoms with Crippen molar-refractivity contribution in [1.82, 2.24) is 9.55 Å². The van der Waals surface area contributed by atoms with E-state index in [1.165, 1.54) is 0 Å². The van der Waals surface area contributed by atoms with E-state index in [0.717, 1.165) is 4.88 Å². The van der Waals surface area contributed by atoms with Gasteiger partial charge in [-0.1, -0.05) is 12.1 Å². The van der Waals surface area contributed by atoms with E-state index in [9.17, 15) is 9.59 Å². The Morgan fingerprint density at radius 3 is 2.83 bits per heavy atom. The Labute approximate surface area is 171 Å². The van der Waals surface area contributed by atoms with E-state index in [-0.39, 0.29) is 11.5 Å². The van der Waals surface area contributed by atoms with Crippen LogP contribution in [-0.4, -0.2) is 22.6 Å². The van der Waals surface area contributed by atoms with Gasteiger partial charge in [0.05, 0.1) is 35.8 Å². The third-order valence-electron chi connectivity index (χ3n) is 4.62. The first-order valence-electron chi connectivity index (χ1n) is 9.04. The van der Waals surface area contributed by atoms with Gasteiger partial charge in [-0.2, -0.15) is 0 Å². The van der Waals surface area contributed by atoms with Gasteiger partial charge < -0.3 is 14.6 Å². The first-order valence-corrected chi connectivity index (χ1v) is 9.91. The number of methoxy groups -OCH3 is 1. The Bertz CT molecular complexity index is 1250. The maximum Gasteiger partial charge on any atom is 0.260 e. The zero-order valence-corrected chi connectivity index (χ0v) is 16.8. The van der Waals surface area contributed by atoms with Crippen molar-refractivity contribution >= 4 is 33.8 Å². The molecule has 0 radical (unpaired) electrons. The fraction of sp³-hybridized carbons (Fsp3) is 0.136. The van der Waals surface area contributed by atoms with Gasteiger partial charge in [-0.3, -0.25) is 14.6 Å². The molecule has 0 unspecified atom stereocenters. The zero-order valence-electron chi connectivity index (χ0n) is 16.0. The van der Waals surface area contributed by atoms with Gasteiger partial charge in [-0.15, -0.1) is 11.3 Å². The van der Waals surface area contributed by atoms with Crippen molar-refractivity contribution in [1.29, 1.82) is 0 Å². The van der Waals surface area contributed by atoms with Gasteiger partial charge in [-0.25, -0.2) is 0 Å². The molecular weight excluding hydrogens is 386 g/mol. The Kier molecular flexibility index (Phi) is 5.14. The first kappa shape index (κ1) is 18.9. The van der Waals surface area contributed by atoms with Gasteiger partial charge in [-0.05, 0) is 42.6 Å². The first-order chi connectivity index (χ1) is 14.0. The number of hydrogen-bond acceptors (Lipinski definition) is 5. The Hall–Kier alpha value is -3.45. The predicted molar refractivity (Wildman–Crippen MR) is 115 cm³/mol. The highest BCUT2D eigenvalue weighted by molar-refractivity contribution is 7.09. The zero-order chi connectivity index (χ0) is 20.4. The van der Waals surface area contributed by atoms with Crippen LogP contribution >= 0.6 is 11.3 Å². The standard InChI is InChI=1S/C22H19N3O3S/c1-14-18(21(26)24-15-5-3-6-16(11-15)28-2)12-19-20(23-14)8-9-25(22(19)27)13-17-7-4-10-29-17/h3-12H,13H2,1-2H3,(H,24,26). The molecule has 4 rings (SSSR count). The Morgan fingerprint density at radius 2 is 2.07 bits per heavy atom. The minimum Gasteiger partial charge on any atom is -0.497 e. The highest BCUT2D eigenvalue weighted by atomic mass is 32.1. The lowest BCUT2D eigenvalue weighted by atomic mass is 10.1. The molecule has 0 spiro atoms. The van der Waals surface area contributed by atoms with Gasteiger partial charge in [0.2, 0.25) is 0 Å². The molecule has 6 nitrogen and oxygen atoms in total. The lowest BCUT2D eigenvalue weighted by Crippen LogP contribution is -2.21. The van der Waals surface area contributed by atoms with Crippen LogP contribution in [0, 0.1) is 6.92 Å². The third kappa shape index (κ3) is 3.90. The molecule has 1 aromatic carbocycles. The molecule has 0 fully saturated rings. The molecule has 0 atom stereocenters. The molecule has 0 aliphatic heterocycles. The summed E-state index contributed by atoms with van der Waals surface area (Å²) in [4.78, 5) is 31.4. The number of hydrogen-bond donors (Lipinski definition) is 1. The second-order valence-electron chi connectivity index (χ2n) is 6.57. The van der Waals surface area contributed by atoms with Crippen molar-refractivity contribution in [3.63, 3.8) is 0 Å². The quantitative estimate of drug-likeness (QED) is 0.543. The van der Waals surface area contributed by atoms with Crippen LogP contribution in [0.25, 0.3) is 10.9 Å². The number of pyridine rings is 2. The second kappa shape index (κ2) is 7.89. The molecule has 29 heavy (non-hydrogen) atoms. The van der Waals surface area contributed by atoms with Crippen LogP contribution in [0.5, 0.6) is 5.75 Å². The summed E-state index contributed by atoms with van der Waals surface area (Å²) in [6.07, 6.45) is 1.74. The summed E-state index contributed by atoms with van der Waals surface area (Å²) in [5.41, 5.74) is 1.95. The Balaban J connectivity index is 1.70. The second-order valence-corrected chi connectivity index (χ2v) is 7.60. The van der Waals surface area contributed by atoms with Crippen LogP contribution in [0.3, 0.4) is 0 Å². The molecule has 4 aromatic rings. The van der Waals surface area contributed by atoms with E-state index in [2.05, 4.69) is 10.3 Å². The minimum absolute atomic E-state index is 0.168. The molecule has 0 bridgehead atoms. The average Bonchev–Trinajstić information content (AvgIpc) is 3.23. The molecule has 1 amide bonds. The number of benzene rings is 1. The Morgan fingerprint density at radius 1 is 1.21 bits per heavy atom. The molecular formula is C22H19N3O3S. The number of amides is 1. The summed E-state index contributed by atoms with van der Waals surface area (Å²) < 4.78 is 6.82. The van der Waals surface area contributed by atoms with Crippen molar-refractivity contribution in [2.45, 2.75) is 13.5 Å². The van der Waals surface area contributed by atoms with E-state index < -0.39 is 0 Å². The summed E-state index contributed by atoms with van der Waals surface area (Å²) >= 11 is 1.60. The van der Waals surface area contributed by atoms with Gasteiger partial charge >= 0.3 is 0 Å². The van der Waals surface area contributed by atoms with Gasteiger partial charge in [0.1, 0.15) is 5.75 Å². The summed E-state index contributed by atoms with van der Waals surface area (Å²) in [6.45, 7) is 2.25. The van der Waals surface area contributed by atoms with E-state index >= 15 is 0 Å². The maximum atomic E-state index is 13.0. The van der Waals surface area contributed by atoms with Crippen molar-refractivity contribution < 1.29 is 9.53 Å². The van der Waals surface area contributed by atoms with Crippen LogP contribution in [0.15, 0.2) is 64.9 Å². The number of aryl methyl sites for hydroxylation is 1. The summed E-state index contributed by atoms with van der Waals surface area (Å²) in [6, 6.07) is 14.5. The molecule has 3 heterocycles.